The summed E-state index contributed by atoms with van der Waals surface area (Å²) in [5.74, 6) is 0.423. The van der Waals surface area contributed by atoms with Gasteiger partial charge in [-0.2, -0.15) is 13.2 Å². The second kappa shape index (κ2) is 5.61. The quantitative estimate of drug-likeness (QED) is 0.847. The molecule has 1 aromatic carbocycles. The fraction of sp³-hybridized carbons (Fsp3) is 0.462. The van der Waals surface area contributed by atoms with Gasteiger partial charge in [0.2, 0.25) is 0 Å². The lowest BCUT2D eigenvalue weighted by atomic mass is 10.3. The highest BCUT2D eigenvalue weighted by Gasteiger charge is 2.30. The van der Waals surface area contributed by atoms with Crippen molar-refractivity contribution >= 4 is 11.0 Å². The Balaban J connectivity index is 2.34. The summed E-state index contributed by atoms with van der Waals surface area (Å²) in [5, 5.41) is 3.09. The maximum atomic E-state index is 12.6. The zero-order valence-electron chi connectivity index (χ0n) is 10.7. The standard InChI is InChI=1S/C13H16F3N3/c1-2-7-17-8-12-18-10-5-3-4-6-11(10)19(12)9-13(14,15)16/h3-6,17H,2,7-9H2,1H3. The molecule has 0 radical (unpaired) electrons. The van der Waals surface area contributed by atoms with E-state index in [0.717, 1.165) is 13.0 Å². The highest BCUT2D eigenvalue weighted by Crippen LogP contribution is 2.23. The molecule has 2 rings (SSSR count). The molecule has 0 aliphatic rings. The normalized spacial score (nSPS) is 12.2. The molecule has 0 atom stereocenters. The molecule has 0 aliphatic heterocycles. The molecule has 1 heterocycles. The van der Waals surface area contributed by atoms with Crippen molar-refractivity contribution in [3.63, 3.8) is 0 Å². The molecule has 3 nitrogen and oxygen atoms in total. The van der Waals surface area contributed by atoms with Gasteiger partial charge in [-0.25, -0.2) is 4.98 Å². The third-order valence-electron chi connectivity index (χ3n) is 2.78. The first-order valence-corrected chi connectivity index (χ1v) is 6.23. The Labute approximate surface area is 109 Å². The molecule has 1 aromatic heterocycles. The van der Waals surface area contributed by atoms with Crippen LogP contribution in [-0.2, 0) is 13.1 Å². The molecule has 0 spiro atoms. The van der Waals surface area contributed by atoms with Crippen LogP contribution < -0.4 is 5.32 Å². The van der Waals surface area contributed by atoms with E-state index in [4.69, 9.17) is 0 Å². The average Bonchev–Trinajstić information content (AvgIpc) is 2.66. The fourth-order valence-corrected chi connectivity index (χ4v) is 1.99. The Kier molecular flexibility index (Phi) is 4.09. The maximum Gasteiger partial charge on any atom is 0.406 e. The van der Waals surface area contributed by atoms with E-state index in [2.05, 4.69) is 10.3 Å². The predicted octanol–water partition coefficient (Wildman–Crippen LogP) is 3.10. The van der Waals surface area contributed by atoms with E-state index in [9.17, 15) is 13.2 Å². The summed E-state index contributed by atoms with van der Waals surface area (Å²) in [6.07, 6.45) is -3.32. The smallest absolute Gasteiger partial charge is 0.318 e. The van der Waals surface area contributed by atoms with Crippen molar-refractivity contribution in [2.24, 2.45) is 0 Å². The van der Waals surface area contributed by atoms with Gasteiger partial charge in [-0.05, 0) is 25.1 Å². The molecule has 0 amide bonds. The Bertz CT molecular complexity index is 546. The summed E-state index contributed by atoms with van der Waals surface area (Å²) in [6, 6.07) is 6.89. The maximum absolute atomic E-state index is 12.6. The van der Waals surface area contributed by atoms with Crippen molar-refractivity contribution in [2.45, 2.75) is 32.6 Å². The molecule has 0 saturated heterocycles. The van der Waals surface area contributed by atoms with Crippen molar-refractivity contribution in [1.29, 1.82) is 0 Å². The predicted molar refractivity (Wildman–Crippen MR) is 67.8 cm³/mol. The minimum Gasteiger partial charge on any atom is -0.318 e. The molecule has 19 heavy (non-hydrogen) atoms. The summed E-state index contributed by atoms with van der Waals surface area (Å²) in [5.41, 5.74) is 1.12. The molecule has 2 aromatic rings. The van der Waals surface area contributed by atoms with Gasteiger partial charge < -0.3 is 9.88 Å². The SMILES string of the molecule is CCCNCc1nc2ccccc2n1CC(F)(F)F. The minimum atomic E-state index is -4.25. The lowest BCUT2D eigenvalue weighted by Gasteiger charge is -2.12. The van der Waals surface area contributed by atoms with E-state index in [-0.39, 0.29) is 0 Å². The van der Waals surface area contributed by atoms with E-state index >= 15 is 0 Å². The molecular weight excluding hydrogens is 255 g/mol. The van der Waals surface area contributed by atoms with Gasteiger partial charge in [-0.15, -0.1) is 0 Å². The summed E-state index contributed by atoms with van der Waals surface area (Å²) >= 11 is 0. The van der Waals surface area contributed by atoms with Crippen LogP contribution in [0.1, 0.15) is 19.2 Å². The van der Waals surface area contributed by atoms with Gasteiger partial charge in [0.1, 0.15) is 12.4 Å². The lowest BCUT2D eigenvalue weighted by Crippen LogP contribution is -2.23. The van der Waals surface area contributed by atoms with Crippen molar-refractivity contribution < 1.29 is 13.2 Å². The van der Waals surface area contributed by atoms with Gasteiger partial charge in [0.05, 0.1) is 17.6 Å². The van der Waals surface area contributed by atoms with E-state index in [0.29, 0.717) is 23.4 Å². The van der Waals surface area contributed by atoms with Gasteiger partial charge in [0, 0.05) is 0 Å². The van der Waals surface area contributed by atoms with Gasteiger partial charge in [0.15, 0.2) is 0 Å². The van der Waals surface area contributed by atoms with Crippen LogP contribution in [0.4, 0.5) is 13.2 Å². The van der Waals surface area contributed by atoms with Crippen LogP contribution >= 0.6 is 0 Å². The third-order valence-corrected chi connectivity index (χ3v) is 2.78. The van der Waals surface area contributed by atoms with E-state index < -0.39 is 12.7 Å². The molecule has 104 valence electrons. The monoisotopic (exact) mass is 271 g/mol. The summed E-state index contributed by atoms with van der Waals surface area (Å²) in [6.45, 7) is 2.11. The number of hydrogen-bond acceptors (Lipinski definition) is 2. The Hall–Kier alpha value is -1.56. The number of halogens is 3. The molecule has 0 unspecified atom stereocenters. The van der Waals surface area contributed by atoms with E-state index in [1.54, 1.807) is 24.3 Å². The number of rotatable bonds is 5. The number of nitrogens with zero attached hydrogens (tertiary/aromatic N) is 2. The second-order valence-corrected chi connectivity index (χ2v) is 4.39. The van der Waals surface area contributed by atoms with Crippen LogP contribution in [0.2, 0.25) is 0 Å². The van der Waals surface area contributed by atoms with Gasteiger partial charge >= 0.3 is 6.18 Å². The number of hydrogen-bond donors (Lipinski definition) is 1. The number of benzene rings is 1. The number of nitrogens with one attached hydrogen (secondary N) is 1. The Morgan fingerprint density at radius 3 is 2.68 bits per heavy atom. The Morgan fingerprint density at radius 1 is 1.26 bits per heavy atom. The van der Waals surface area contributed by atoms with E-state index in [1.807, 2.05) is 6.92 Å². The first-order chi connectivity index (χ1) is 9.01. The van der Waals surface area contributed by atoms with Crippen molar-refractivity contribution in [2.75, 3.05) is 6.54 Å². The highest BCUT2D eigenvalue weighted by molar-refractivity contribution is 5.75. The first-order valence-electron chi connectivity index (χ1n) is 6.23. The zero-order chi connectivity index (χ0) is 13.9. The fourth-order valence-electron chi connectivity index (χ4n) is 1.99. The number of fused-ring (bicyclic) bond motifs is 1. The third kappa shape index (κ3) is 3.47. The largest absolute Gasteiger partial charge is 0.406 e. The van der Waals surface area contributed by atoms with Crippen molar-refractivity contribution in [1.82, 2.24) is 14.9 Å². The zero-order valence-corrected chi connectivity index (χ0v) is 10.7. The van der Waals surface area contributed by atoms with Gasteiger partial charge in [0.25, 0.3) is 0 Å². The van der Waals surface area contributed by atoms with Crippen molar-refractivity contribution in [3.8, 4) is 0 Å². The lowest BCUT2D eigenvalue weighted by molar-refractivity contribution is -0.140. The molecular formula is C13H16F3N3. The molecule has 1 N–H and O–H groups in total. The van der Waals surface area contributed by atoms with Crippen LogP contribution in [0.5, 0.6) is 0 Å². The highest BCUT2D eigenvalue weighted by atomic mass is 19.4. The minimum absolute atomic E-state index is 0.346. The van der Waals surface area contributed by atoms with Gasteiger partial charge in [-0.1, -0.05) is 19.1 Å². The van der Waals surface area contributed by atoms with Crippen LogP contribution in [0.15, 0.2) is 24.3 Å². The average molecular weight is 271 g/mol. The summed E-state index contributed by atoms with van der Waals surface area (Å²) in [4.78, 5) is 4.27. The number of aromatic nitrogens is 2. The molecule has 0 aliphatic carbocycles. The Morgan fingerprint density at radius 2 is 2.00 bits per heavy atom. The van der Waals surface area contributed by atoms with Crippen LogP contribution in [0, 0.1) is 0 Å². The number of imidazole rings is 1. The van der Waals surface area contributed by atoms with Crippen LogP contribution in [0.3, 0.4) is 0 Å². The number of alkyl halides is 3. The molecule has 0 saturated carbocycles. The van der Waals surface area contributed by atoms with Crippen molar-refractivity contribution in [3.05, 3.63) is 30.1 Å². The molecule has 6 heteroatoms. The first kappa shape index (κ1) is 13.9. The van der Waals surface area contributed by atoms with Gasteiger partial charge in [-0.3, -0.25) is 0 Å². The number of para-hydroxylation sites is 2. The second-order valence-electron chi connectivity index (χ2n) is 4.39. The molecule has 0 bridgehead atoms. The molecule has 0 fully saturated rings. The summed E-state index contributed by atoms with van der Waals surface area (Å²) in [7, 11) is 0. The topological polar surface area (TPSA) is 29.9 Å². The summed E-state index contributed by atoms with van der Waals surface area (Å²) < 4.78 is 39.2. The van der Waals surface area contributed by atoms with E-state index in [1.165, 1.54) is 4.57 Å². The van der Waals surface area contributed by atoms with Crippen LogP contribution in [0.25, 0.3) is 11.0 Å². The van der Waals surface area contributed by atoms with Crippen LogP contribution in [-0.4, -0.2) is 22.3 Å².